The van der Waals surface area contributed by atoms with Crippen LogP contribution in [0.1, 0.15) is 39.5 Å². The summed E-state index contributed by atoms with van der Waals surface area (Å²) < 4.78 is 10.7. The van der Waals surface area contributed by atoms with Crippen LogP contribution >= 0.6 is 0 Å². The second kappa shape index (κ2) is 6.33. The SMILES string of the molecule is C=C/C(=C\C1=C(CC)OCO1)CCCC. The standard InChI is InChI=1S/C13H20O2/c1-4-7-8-11(5-2)9-13-12(6-3)14-10-15-13/h5,9H,2,4,6-8,10H2,1,3H3/b11-9+. The summed E-state index contributed by atoms with van der Waals surface area (Å²) in [5.41, 5.74) is 1.23. The van der Waals surface area contributed by atoms with E-state index < -0.39 is 0 Å². The zero-order chi connectivity index (χ0) is 11.1. The van der Waals surface area contributed by atoms with Crippen molar-refractivity contribution in [1.29, 1.82) is 0 Å². The lowest BCUT2D eigenvalue weighted by atomic mass is 10.1. The summed E-state index contributed by atoms with van der Waals surface area (Å²) in [5.74, 6) is 1.83. The molecule has 0 aromatic heterocycles. The van der Waals surface area contributed by atoms with Crippen LogP contribution in [0.2, 0.25) is 0 Å². The average Bonchev–Trinajstić information content (AvgIpc) is 2.71. The van der Waals surface area contributed by atoms with E-state index in [1.165, 1.54) is 18.4 Å². The Kier molecular flexibility index (Phi) is 5.02. The van der Waals surface area contributed by atoms with Gasteiger partial charge in [0.1, 0.15) is 5.76 Å². The van der Waals surface area contributed by atoms with E-state index in [1.54, 1.807) is 0 Å². The maximum absolute atomic E-state index is 5.40. The van der Waals surface area contributed by atoms with Gasteiger partial charge in [0.2, 0.25) is 6.79 Å². The first-order chi connectivity index (χ1) is 7.31. The highest BCUT2D eigenvalue weighted by molar-refractivity contribution is 5.28. The molecule has 0 spiro atoms. The third-order valence-corrected chi connectivity index (χ3v) is 2.44. The van der Waals surface area contributed by atoms with Gasteiger partial charge in [0, 0.05) is 6.42 Å². The van der Waals surface area contributed by atoms with E-state index in [-0.39, 0.29) is 0 Å². The van der Waals surface area contributed by atoms with Crippen LogP contribution in [-0.2, 0) is 9.47 Å². The lowest BCUT2D eigenvalue weighted by Gasteiger charge is -2.01. The lowest BCUT2D eigenvalue weighted by molar-refractivity contribution is 0.0725. The highest BCUT2D eigenvalue weighted by Gasteiger charge is 2.13. The molecule has 0 saturated carbocycles. The van der Waals surface area contributed by atoms with Gasteiger partial charge in [-0.1, -0.05) is 32.9 Å². The van der Waals surface area contributed by atoms with Crippen molar-refractivity contribution in [3.63, 3.8) is 0 Å². The van der Waals surface area contributed by atoms with Crippen LogP contribution in [0.3, 0.4) is 0 Å². The van der Waals surface area contributed by atoms with E-state index in [1.807, 2.05) is 6.08 Å². The van der Waals surface area contributed by atoms with Crippen molar-refractivity contribution in [3.8, 4) is 0 Å². The summed E-state index contributed by atoms with van der Waals surface area (Å²) >= 11 is 0. The molecule has 1 rings (SSSR count). The van der Waals surface area contributed by atoms with Gasteiger partial charge >= 0.3 is 0 Å². The quantitative estimate of drug-likeness (QED) is 0.616. The smallest absolute Gasteiger partial charge is 0.230 e. The molecule has 1 heterocycles. The van der Waals surface area contributed by atoms with Crippen molar-refractivity contribution in [2.45, 2.75) is 39.5 Å². The Labute approximate surface area is 92.3 Å². The maximum atomic E-state index is 5.40. The number of hydrogen-bond acceptors (Lipinski definition) is 2. The van der Waals surface area contributed by atoms with Gasteiger partial charge in [0.15, 0.2) is 5.76 Å². The molecule has 0 aromatic rings. The molecule has 0 aromatic carbocycles. The van der Waals surface area contributed by atoms with Gasteiger partial charge in [0.05, 0.1) is 0 Å². The van der Waals surface area contributed by atoms with E-state index in [9.17, 15) is 0 Å². The predicted octanol–water partition coefficient (Wildman–Crippen LogP) is 3.91. The molecule has 2 heteroatoms. The highest BCUT2D eigenvalue weighted by atomic mass is 16.7. The van der Waals surface area contributed by atoms with Crippen molar-refractivity contribution in [2.75, 3.05) is 6.79 Å². The molecule has 0 amide bonds. The van der Waals surface area contributed by atoms with Crippen LogP contribution in [0.4, 0.5) is 0 Å². The van der Waals surface area contributed by atoms with Gasteiger partial charge in [-0.05, 0) is 24.5 Å². The lowest BCUT2D eigenvalue weighted by Crippen LogP contribution is -1.86. The summed E-state index contributed by atoms with van der Waals surface area (Å²) in [6.07, 6.45) is 8.27. The molecule has 0 bridgehead atoms. The Hall–Kier alpha value is -1.18. The topological polar surface area (TPSA) is 18.5 Å². The molecule has 15 heavy (non-hydrogen) atoms. The molecule has 0 atom stereocenters. The first-order valence-electron chi connectivity index (χ1n) is 5.63. The molecule has 84 valence electrons. The number of unbranched alkanes of at least 4 members (excludes halogenated alkanes) is 1. The maximum Gasteiger partial charge on any atom is 0.230 e. The van der Waals surface area contributed by atoms with E-state index in [0.717, 1.165) is 24.4 Å². The molecule has 0 unspecified atom stereocenters. The number of rotatable bonds is 6. The van der Waals surface area contributed by atoms with Crippen LogP contribution in [0.25, 0.3) is 0 Å². The highest BCUT2D eigenvalue weighted by Crippen LogP contribution is 2.22. The van der Waals surface area contributed by atoms with Crippen molar-refractivity contribution >= 4 is 0 Å². The van der Waals surface area contributed by atoms with Gasteiger partial charge in [0.25, 0.3) is 0 Å². The predicted molar refractivity (Wildman–Crippen MR) is 62.2 cm³/mol. The molecule has 1 aliphatic heterocycles. The van der Waals surface area contributed by atoms with Crippen LogP contribution in [0.5, 0.6) is 0 Å². The molecule has 0 fully saturated rings. The Morgan fingerprint density at radius 2 is 2.20 bits per heavy atom. The van der Waals surface area contributed by atoms with E-state index in [4.69, 9.17) is 9.47 Å². The Morgan fingerprint density at radius 3 is 2.80 bits per heavy atom. The number of allylic oxidation sites excluding steroid dienone is 4. The van der Waals surface area contributed by atoms with Crippen molar-refractivity contribution in [2.24, 2.45) is 0 Å². The Bertz CT molecular complexity index is 274. The molecule has 0 radical (unpaired) electrons. The van der Waals surface area contributed by atoms with Gasteiger partial charge < -0.3 is 9.47 Å². The first-order valence-corrected chi connectivity index (χ1v) is 5.63. The Morgan fingerprint density at radius 1 is 1.40 bits per heavy atom. The normalized spacial score (nSPS) is 16.3. The molecule has 1 aliphatic rings. The second-order valence-corrected chi connectivity index (χ2v) is 3.57. The summed E-state index contributed by atoms with van der Waals surface area (Å²) in [7, 11) is 0. The van der Waals surface area contributed by atoms with E-state index in [2.05, 4.69) is 26.5 Å². The van der Waals surface area contributed by atoms with E-state index >= 15 is 0 Å². The third kappa shape index (κ3) is 3.46. The fourth-order valence-electron chi connectivity index (χ4n) is 1.50. The Balaban J connectivity index is 2.69. The van der Waals surface area contributed by atoms with Crippen LogP contribution in [0, 0.1) is 0 Å². The fraction of sp³-hybridized carbons (Fsp3) is 0.538. The minimum Gasteiger partial charge on any atom is -0.458 e. The van der Waals surface area contributed by atoms with Crippen LogP contribution in [0.15, 0.2) is 35.8 Å². The summed E-state index contributed by atoms with van der Waals surface area (Å²) in [5, 5.41) is 0. The molecule has 0 aliphatic carbocycles. The van der Waals surface area contributed by atoms with Crippen molar-refractivity contribution in [3.05, 3.63) is 35.8 Å². The largest absolute Gasteiger partial charge is 0.458 e. The molecular formula is C13H20O2. The summed E-state index contributed by atoms with van der Waals surface area (Å²) in [6.45, 7) is 8.43. The van der Waals surface area contributed by atoms with Gasteiger partial charge in [-0.3, -0.25) is 0 Å². The number of hydrogen-bond donors (Lipinski definition) is 0. The first kappa shape index (κ1) is 11.9. The van der Waals surface area contributed by atoms with Gasteiger partial charge in [-0.2, -0.15) is 0 Å². The second-order valence-electron chi connectivity index (χ2n) is 3.57. The van der Waals surface area contributed by atoms with Gasteiger partial charge in [-0.25, -0.2) is 0 Å². The summed E-state index contributed by atoms with van der Waals surface area (Å²) in [6, 6.07) is 0. The minimum atomic E-state index is 0.354. The monoisotopic (exact) mass is 208 g/mol. The van der Waals surface area contributed by atoms with Crippen molar-refractivity contribution in [1.82, 2.24) is 0 Å². The molecule has 0 N–H and O–H groups in total. The van der Waals surface area contributed by atoms with Crippen LogP contribution in [-0.4, -0.2) is 6.79 Å². The zero-order valence-corrected chi connectivity index (χ0v) is 9.71. The van der Waals surface area contributed by atoms with Crippen LogP contribution < -0.4 is 0 Å². The summed E-state index contributed by atoms with van der Waals surface area (Å²) in [4.78, 5) is 0. The zero-order valence-electron chi connectivity index (χ0n) is 9.71. The molecular weight excluding hydrogens is 188 g/mol. The van der Waals surface area contributed by atoms with Gasteiger partial charge in [-0.15, -0.1) is 0 Å². The average molecular weight is 208 g/mol. The molecule has 0 saturated heterocycles. The molecule has 2 nitrogen and oxygen atoms in total. The minimum absolute atomic E-state index is 0.354. The fourth-order valence-corrected chi connectivity index (χ4v) is 1.50. The third-order valence-electron chi connectivity index (χ3n) is 2.44. The van der Waals surface area contributed by atoms with E-state index in [0.29, 0.717) is 6.79 Å². The van der Waals surface area contributed by atoms with Crippen molar-refractivity contribution < 1.29 is 9.47 Å². The number of ether oxygens (including phenoxy) is 2.